The first-order valence-electron chi connectivity index (χ1n) is 6.23. The quantitative estimate of drug-likeness (QED) is 0.762. The molecule has 0 radical (unpaired) electrons. The lowest BCUT2D eigenvalue weighted by atomic mass is 9.93. The molecule has 0 unspecified atom stereocenters. The summed E-state index contributed by atoms with van der Waals surface area (Å²) in [6.45, 7) is 0. The number of halogens is 1. The zero-order valence-electron chi connectivity index (χ0n) is 10.5. The maximum Gasteiger partial charge on any atom is 0.119 e. The van der Waals surface area contributed by atoms with Crippen LogP contribution in [0.3, 0.4) is 0 Å². The number of nitrogens with zero attached hydrogens (tertiary/aromatic N) is 1. The normalized spacial score (nSPS) is 24.4. The Balaban J connectivity index is 2.09. The van der Waals surface area contributed by atoms with Gasteiger partial charge >= 0.3 is 0 Å². The van der Waals surface area contributed by atoms with Crippen LogP contribution in [0.4, 0.5) is 5.69 Å². The molecule has 94 valence electrons. The van der Waals surface area contributed by atoms with E-state index in [4.69, 9.17) is 16.3 Å². The number of benzene rings is 1. The minimum Gasteiger partial charge on any atom is -0.497 e. The zero-order valence-corrected chi connectivity index (χ0v) is 11.3. The van der Waals surface area contributed by atoms with E-state index in [-0.39, 0.29) is 5.38 Å². The van der Waals surface area contributed by atoms with Gasteiger partial charge in [0, 0.05) is 18.8 Å². The smallest absolute Gasteiger partial charge is 0.119 e. The van der Waals surface area contributed by atoms with Crippen molar-refractivity contribution in [3.8, 4) is 5.75 Å². The Labute approximate surface area is 109 Å². The van der Waals surface area contributed by atoms with Gasteiger partial charge in [0.15, 0.2) is 0 Å². The van der Waals surface area contributed by atoms with Gasteiger partial charge in [0.25, 0.3) is 0 Å². The highest BCUT2D eigenvalue weighted by Crippen LogP contribution is 2.30. The molecule has 1 aromatic carbocycles. The molecule has 0 amide bonds. The lowest BCUT2D eigenvalue weighted by Crippen LogP contribution is -2.40. The molecule has 2 rings (SSSR count). The van der Waals surface area contributed by atoms with Crippen LogP contribution in [0.5, 0.6) is 5.75 Å². The minimum atomic E-state index is 0.274. The largest absolute Gasteiger partial charge is 0.497 e. The fourth-order valence-electron chi connectivity index (χ4n) is 2.51. The third-order valence-electron chi connectivity index (χ3n) is 3.62. The van der Waals surface area contributed by atoms with Crippen molar-refractivity contribution in [2.24, 2.45) is 0 Å². The Morgan fingerprint density at radius 2 is 1.82 bits per heavy atom. The molecule has 2 nitrogen and oxygen atoms in total. The fraction of sp³-hybridized carbons (Fsp3) is 0.571. The molecule has 0 aliphatic heterocycles. The summed E-state index contributed by atoms with van der Waals surface area (Å²) in [6.07, 6.45) is 4.87. The van der Waals surface area contributed by atoms with Crippen molar-refractivity contribution in [3.05, 3.63) is 24.3 Å². The van der Waals surface area contributed by atoms with Crippen LogP contribution in [0.25, 0.3) is 0 Å². The summed E-state index contributed by atoms with van der Waals surface area (Å²) in [5.41, 5.74) is 1.21. The van der Waals surface area contributed by atoms with Crippen molar-refractivity contribution in [2.75, 3.05) is 19.1 Å². The van der Waals surface area contributed by atoms with Crippen LogP contribution >= 0.6 is 11.6 Å². The van der Waals surface area contributed by atoms with E-state index in [2.05, 4.69) is 24.1 Å². The summed E-state index contributed by atoms with van der Waals surface area (Å²) in [6, 6.07) is 8.64. The fourth-order valence-corrected chi connectivity index (χ4v) is 2.96. The van der Waals surface area contributed by atoms with Gasteiger partial charge in [-0.3, -0.25) is 0 Å². The van der Waals surface area contributed by atoms with Gasteiger partial charge in [-0.05, 0) is 37.1 Å². The summed E-state index contributed by atoms with van der Waals surface area (Å²) in [4.78, 5) is 2.30. The van der Waals surface area contributed by atoms with Gasteiger partial charge < -0.3 is 9.64 Å². The third-order valence-corrected chi connectivity index (χ3v) is 4.13. The second-order valence-electron chi connectivity index (χ2n) is 4.68. The first kappa shape index (κ1) is 12.6. The average Bonchev–Trinajstić information content (AvgIpc) is 2.39. The monoisotopic (exact) mass is 253 g/mol. The number of hydrogen-bond acceptors (Lipinski definition) is 2. The molecule has 1 fully saturated rings. The number of anilines is 1. The van der Waals surface area contributed by atoms with E-state index in [0.29, 0.717) is 6.04 Å². The number of methoxy groups -OCH3 is 1. The van der Waals surface area contributed by atoms with Crippen molar-refractivity contribution in [1.82, 2.24) is 0 Å². The Morgan fingerprint density at radius 1 is 1.18 bits per heavy atom. The highest BCUT2D eigenvalue weighted by atomic mass is 35.5. The van der Waals surface area contributed by atoms with E-state index < -0.39 is 0 Å². The van der Waals surface area contributed by atoms with Gasteiger partial charge in [-0.25, -0.2) is 0 Å². The molecule has 0 spiro atoms. The summed E-state index contributed by atoms with van der Waals surface area (Å²) < 4.78 is 5.17. The summed E-state index contributed by atoms with van der Waals surface area (Å²) in [7, 11) is 3.82. The highest BCUT2D eigenvalue weighted by molar-refractivity contribution is 6.21. The van der Waals surface area contributed by atoms with Gasteiger partial charge in [-0.1, -0.05) is 12.8 Å². The van der Waals surface area contributed by atoms with Gasteiger partial charge in [0.1, 0.15) is 5.75 Å². The van der Waals surface area contributed by atoms with Crippen LogP contribution in [-0.2, 0) is 0 Å². The molecule has 0 N–H and O–H groups in total. The highest BCUT2D eigenvalue weighted by Gasteiger charge is 2.26. The van der Waals surface area contributed by atoms with Crippen LogP contribution < -0.4 is 9.64 Å². The van der Waals surface area contributed by atoms with E-state index in [1.807, 2.05) is 12.1 Å². The third kappa shape index (κ3) is 2.86. The Bertz CT molecular complexity index is 352. The maximum atomic E-state index is 6.42. The van der Waals surface area contributed by atoms with Gasteiger partial charge in [0.05, 0.1) is 12.5 Å². The van der Waals surface area contributed by atoms with E-state index in [0.717, 1.165) is 12.2 Å². The molecular formula is C14H20ClNO. The zero-order chi connectivity index (χ0) is 12.3. The molecule has 0 heterocycles. The van der Waals surface area contributed by atoms with E-state index in [1.165, 1.54) is 24.9 Å². The van der Waals surface area contributed by atoms with Crippen molar-refractivity contribution in [1.29, 1.82) is 0 Å². The van der Waals surface area contributed by atoms with Gasteiger partial charge in [-0.2, -0.15) is 0 Å². The van der Waals surface area contributed by atoms with E-state index in [1.54, 1.807) is 7.11 Å². The van der Waals surface area contributed by atoms with Gasteiger partial charge in [0.2, 0.25) is 0 Å². The second-order valence-corrected chi connectivity index (χ2v) is 5.24. The van der Waals surface area contributed by atoms with Crippen molar-refractivity contribution in [3.63, 3.8) is 0 Å². The van der Waals surface area contributed by atoms with E-state index in [9.17, 15) is 0 Å². The minimum absolute atomic E-state index is 0.274. The lowest BCUT2D eigenvalue weighted by Gasteiger charge is -2.36. The van der Waals surface area contributed by atoms with Crippen molar-refractivity contribution < 1.29 is 4.74 Å². The molecule has 3 heteroatoms. The first-order valence-corrected chi connectivity index (χ1v) is 6.67. The van der Waals surface area contributed by atoms with Crippen LogP contribution in [0.2, 0.25) is 0 Å². The molecule has 0 aromatic heterocycles. The van der Waals surface area contributed by atoms with Crippen LogP contribution in [0.15, 0.2) is 24.3 Å². The number of hydrogen-bond donors (Lipinski definition) is 0. The predicted octanol–water partition coefficient (Wildman–Crippen LogP) is 3.68. The Kier molecular flexibility index (Phi) is 4.16. The predicted molar refractivity (Wildman–Crippen MR) is 73.3 cm³/mol. The molecule has 17 heavy (non-hydrogen) atoms. The Morgan fingerprint density at radius 3 is 2.41 bits per heavy atom. The second kappa shape index (κ2) is 5.63. The molecular weight excluding hydrogens is 234 g/mol. The maximum absolute atomic E-state index is 6.42. The molecule has 2 atom stereocenters. The summed E-state index contributed by atoms with van der Waals surface area (Å²) in [5.74, 6) is 0.896. The van der Waals surface area contributed by atoms with Crippen molar-refractivity contribution in [2.45, 2.75) is 37.1 Å². The summed E-state index contributed by atoms with van der Waals surface area (Å²) in [5, 5.41) is 0.274. The molecule has 1 saturated carbocycles. The van der Waals surface area contributed by atoms with E-state index >= 15 is 0 Å². The Hall–Kier alpha value is -0.890. The SMILES string of the molecule is COc1ccc(N(C)[C@H]2CCCC[C@@H]2Cl)cc1. The number of rotatable bonds is 3. The molecule has 1 aliphatic rings. The first-order chi connectivity index (χ1) is 8.22. The number of alkyl halides is 1. The average molecular weight is 254 g/mol. The molecule has 0 bridgehead atoms. The van der Waals surface area contributed by atoms with Crippen LogP contribution in [-0.4, -0.2) is 25.6 Å². The standard InChI is InChI=1S/C14H20ClNO/c1-16(14-6-4-3-5-13(14)15)11-7-9-12(17-2)10-8-11/h7-10,13-14H,3-6H2,1-2H3/t13-,14-/m0/s1. The van der Waals surface area contributed by atoms with Gasteiger partial charge in [-0.15, -0.1) is 11.6 Å². The molecule has 0 saturated heterocycles. The lowest BCUT2D eigenvalue weighted by molar-refractivity contribution is 0.414. The van der Waals surface area contributed by atoms with Crippen LogP contribution in [0.1, 0.15) is 25.7 Å². The molecule has 1 aromatic rings. The molecule has 1 aliphatic carbocycles. The topological polar surface area (TPSA) is 12.5 Å². The van der Waals surface area contributed by atoms with Crippen molar-refractivity contribution >= 4 is 17.3 Å². The number of ether oxygens (including phenoxy) is 1. The van der Waals surface area contributed by atoms with Crippen LogP contribution in [0, 0.1) is 0 Å². The summed E-state index contributed by atoms with van der Waals surface area (Å²) >= 11 is 6.42.